The number of thiophene rings is 1. The van der Waals surface area contributed by atoms with Gasteiger partial charge in [0.2, 0.25) is 5.78 Å². The third-order valence-electron chi connectivity index (χ3n) is 2.65. The average molecular weight is 306 g/mol. The van der Waals surface area contributed by atoms with Crippen molar-refractivity contribution in [3.8, 4) is 5.75 Å². The number of aliphatic carboxylic acids is 1. The standard InChI is InChI=1S/C13H11BO6S/c15-12(16)7-20-8-3-4-9(10(6-8)14(18)19)13(17)11-2-1-5-21-11/h1-6,18-19H,7H2,(H,15,16). The molecule has 0 fully saturated rings. The number of ketones is 1. The zero-order chi connectivity index (χ0) is 15.4. The van der Waals surface area contributed by atoms with Crippen molar-refractivity contribution in [1.82, 2.24) is 0 Å². The van der Waals surface area contributed by atoms with Gasteiger partial charge in [0, 0.05) is 5.56 Å². The summed E-state index contributed by atoms with van der Waals surface area (Å²) in [7, 11) is -1.86. The summed E-state index contributed by atoms with van der Waals surface area (Å²) in [6, 6.07) is 7.39. The second-order valence-electron chi connectivity index (χ2n) is 4.11. The van der Waals surface area contributed by atoms with Gasteiger partial charge in [0.1, 0.15) is 5.75 Å². The van der Waals surface area contributed by atoms with Gasteiger partial charge in [-0.2, -0.15) is 0 Å². The van der Waals surface area contributed by atoms with Crippen LogP contribution in [0.2, 0.25) is 0 Å². The van der Waals surface area contributed by atoms with Crippen LogP contribution in [-0.2, 0) is 4.79 Å². The molecule has 108 valence electrons. The van der Waals surface area contributed by atoms with Gasteiger partial charge in [0.15, 0.2) is 6.61 Å². The third-order valence-corrected chi connectivity index (χ3v) is 3.52. The van der Waals surface area contributed by atoms with E-state index in [1.165, 1.54) is 29.5 Å². The summed E-state index contributed by atoms with van der Waals surface area (Å²) >= 11 is 1.24. The molecule has 0 aliphatic rings. The summed E-state index contributed by atoms with van der Waals surface area (Å²) < 4.78 is 4.95. The van der Waals surface area contributed by atoms with E-state index in [-0.39, 0.29) is 22.6 Å². The lowest BCUT2D eigenvalue weighted by Gasteiger charge is -2.10. The second kappa shape index (κ2) is 6.53. The van der Waals surface area contributed by atoms with Gasteiger partial charge in [0.05, 0.1) is 4.88 Å². The Morgan fingerprint density at radius 3 is 2.57 bits per heavy atom. The Morgan fingerprint density at radius 2 is 2.00 bits per heavy atom. The number of carboxylic acids is 1. The molecule has 0 spiro atoms. The summed E-state index contributed by atoms with van der Waals surface area (Å²) in [5, 5.41) is 29.1. The Labute approximate surface area is 124 Å². The van der Waals surface area contributed by atoms with Crippen LogP contribution >= 0.6 is 11.3 Å². The number of carboxylic acid groups (broad SMARTS) is 1. The molecule has 0 saturated heterocycles. The highest BCUT2D eigenvalue weighted by atomic mass is 32.1. The Balaban J connectivity index is 2.33. The van der Waals surface area contributed by atoms with Crippen molar-refractivity contribution in [2.45, 2.75) is 0 Å². The molecule has 0 unspecified atom stereocenters. The normalized spacial score (nSPS) is 10.2. The van der Waals surface area contributed by atoms with E-state index in [2.05, 4.69) is 0 Å². The highest BCUT2D eigenvalue weighted by Crippen LogP contribution is 2.17. The smallest absolute Gasteiger partial charge is 0.482 e. The molecule has 21 heavy (non-hydrogen) atoms. The van der Waals surface area contributed by atoms with Gasteiger partial charge in [-0.05, 0) is 35.1 Å². The molecule has 0 aliphatic heterocycles. The maximum absolute atomic E-state index is 12.3. The Kier molecular flexibility index (Phi) is 4.74. The Morgan fingerprint density at radius 1 is 1.24 bits per heavy atom. The minimum absolute atomic E-state index is 0.0312. The summed E-state index contributed by atoms with van der Waals surface area (Å²) in [4.78, 5) is 23.2. The van der Waals surface area contributed by atoms with Crippen molar-refractivity contribution in [1.29, 1.82) is 0 Å². The van der Waals surface area contributed by atoms with E-state index in [0.29, 0.717) is 4.88 Å². The monoisotopic (exact) mass is 306 g/mol. The van der Waals surface area contributed by atoms with E-state index in [1.54, 1.807) is 17.5 Å². The van der Waals surface area contributed by atoms with Crippen LogP contribution in [-0.4, -0.2) is 40.6 Å². The van der Waals surface area contributed by atoms with E-state index < -0.39 is 19.7 Å². The lowest BCUT2D eigenvalue weighted by Crippen LogP contribution is -2.35. The molecule has 3 N–H and O–H groups in total. The molecule has 0 bridgehead atoms. The van der Waals surface area contributed by atoms with Gasteiger partial charge in [-0.15, -0.1) is 11.3 Å². The van der Waals surface area contributed by atoms with Crippen molar-refractivity contribution < 1.29 is 29.5 Å². The molecular weight excluding hydrogens is 295 g/mol. The first kappa shape index (κ1) is 15.2. The highest BCUT2D eigenvalue weighted by Gasteiger charge is 2.22. The SMILES string of the molecule is O=C(O)COc1ccc(C(=O)c2cccs2)c(B(O)O)c1. The van der Waals surface area contributed by atoms with Crippen LogP contribution in [0.4, 0.5) is 0 Å². The third kappa shape index (κ3) is 3.69. The van der Waals surface area contributed by atoms with Crippen LogP contribution < -0.4 is 10.2 Å². The van der Waals surface area contributed by atoms with E-state index in [9.17, 15) is 19.6 Å². The van der Waals surface area contributed by atoms with E-state index in [0.717, 1.165) is 0 Å². The Hall–Kier alpha value is -2.16. The van der Waals surface area contributed by atoms with Crippen molar-refractivity contribution in [2.24, 2.45) is 0 Å². The van der Waals surface area contributed by atoms with Crippen molar-refractivity contribution >= 4 is 35.7 Å². The molecular formula is C13H11BO6S. The topological polar surface area (TPSA) is 104 Å². The summed E-state index contributed by atoms with van der Waals surface area (Å²) in [5.41, 5.74) is 0.103. The number of hydrogen-bond acceptors (Lipinski definition) is 6. The number of rotatable bonds is 6. The Bertz CT molecular complexity index is 653. The molecule has 1 heterocycles. The molecule has 2 aromatic rings. The fourth-order valence-electron chi connectivity index (χ4n) is 1.74. The first-order valence-corrected chi connectivity index (χ1v) is 6.80. The zero-order valence-electron chi connectivity index (χ0n) is 10.7. The number of carbonyl (C=O) groups is 2. The minimum atomic E-state index is -1.86. The number of ether oxygens (including phenoxy) is 1. The quantitative estimate of drug-likeness (QED) is 0.517. The minimum Gasteiger partial charge on any atom is -0.482 e. The molecule has 8 heteroatoms. The second-order valence-corrected chi connectivity index (χ2v) is 5.06. The fraction of sp³-hybridized carbons (Fsp3) is 0.0769. The largest absolute Gasteiger partial charge is 0.489 e. The highest BCUT2D eigenvalue weighted by molar-refractivity contribution is 7.12. The van der Waals surface area contributed by atoms with E-state index in [1.807, 2.05) is 0 Å². The zero-order valence-corrected chi connectivity index (χ0v) is 11.5. The molecule has 0 radical (unpaired) electrons. The molecule has 1 aromatic carbocycles. The van der Waals surface area contributed by atoms with Gasteiger partial charge in [-0.3, -0.25) is 4.79 Å². The molecule has 0 atom stereocenters. The van der Waals surface area contributed by atoms with Gasteiger partial charge < -0.3 is 19.9 Å². The van der Waals surface area contributed by atoms with E-state index in [4.69, 9.17) is 9.84 Å². The molecule has 0 aliphatic carbocycles. The van der Waals surface area contributed by atoms with Gasteiger partial charge in [-0.25, -0.2) is 4.79 Å². The maximum Gasteiger partial charge on any atom is 0.489 e. The molecule has 0 saturated carbocycles. The first-order valence-electron chi connectivity index (χ1n) is 5.92. The number of benzene rings is 1. The lowest BCUT2D eigenvalue weighted by molar-refractivity contribution is -0.139. The predicted octanol–water partition coefficient (Wildman–Crippen LogP) is 0.122. The average Bonchev–Trinajstić information content (AvgIpc) is 2.98. The number of hydrogen-bond donors (Lipinski definition) is 3. The number of carbonyl (C=O) groups excluding carboxylic acids is 1. The van der Waals surface area contributed by atoms with Crippen LogP contribution in [0.1, 0.15) is 15.2 Å². The maximum atomic E-state index is 12.3. The van der Waals surface area contributed by atoms with E-state index >= 15 is 0 Å². The summed E-state index contributed by atoms with van der Waals surface area (Å²) in [6.45, 7) is -0.556. The van der Waals surface area contributed by atoms with Crippen LogP contribution in [0, 0.1) is 0 Å². The first-order chi connectivity index (χ1) is 9.99. The summed E-state index contributed by atoms with van der Waals surface area (Å²) in [5.74, 6) is -1.35. The van der Waals surface area contributed by atoms with Crippen LogP contribution in [0.5, 0.6) is 5.75 Å². The molecule has 1 aromatic heterocycles. The van der Waals surface area contributed by atoms with Gasteiger partial charge >= 0.3 is 13.1 Å². The van der Waals surface area contributed by atoms with Gasteiger partial charge in [-0.1, -0.05) is 6.07 Å². The lowest BCUT2D eigenvalue weighted by atomic mass is 9.76. The predicted molar refractivity (Wildman–Crippen MR) is 77.1 cm³/mol. The fourth-order valence-corrected chi connectivity index (χ4v) is 2.41. The molecule has 6 nitrogen and oxygen atoms in total. The summed E-state index contributed by atoms with van der Waals surface area (Å²) in [6.07, 6.45) is 0. The molecule has 0 amide bonds. The van der Waals surface area contributed by atoms with Crippen LogP contribution in [0.25, 0.3) is 0 Å². The van der Waals surface area contributed by atoms with Crippen LogP contribution in [0.15, 0.2) is 35.7 Å². The van der Waals surface area contributed by atoms with Crippen LogP contribution in [0.3, 0.4) is 0 Å². The molecule has 2 rings (SSSR count). The van der Waals surface area contributed by atoms with Crippen molar-refractivity contribution in [3.05, 3.63) is 46.2 Å². The van der Waals surface area contributed by atoms with Crippen molar-refractivity contribution in [2.75, 3.05) is 6.61 Å². The van der Waals surface area contributed by atoms with Crippen molar-refractivity contribution in [3.63, 3.8) is 0 Å². The van der Waals surface area contributed by atoms with Gasteiger partial charge in [0.25, 0.3) is 0 Å².